The highest BCUT2D eigenvalue weighted by Gasteiger charge is 2.14. The Kier molecular flexibility index (Phi) is 5.98. The van der Waals surface area contributed by atoms with Crippen molar-refractivity contribution < 1.29 is 5.11 Å². The molecule has 0 saturated heterocycles. The molecule has 0 aliphatic carbocycles. The first kappa shape index (κ1) is 16.2. The van der Waals surface area contributed by atoms with Gasteiger partial charge in [0.1, 0.15) is 0 Å². The zero-order valence-corrected chi connectivity index (χ0v) is 12.7. The number of hydrogen-bond donors (Lipinski definition) is 3. The molecular formula is C16H28N2O. The van der Waals surface area contributed by atoms with Gasteiger partial charge in [0.15, 0.2) is 0 Å². The third-order valence-electron chi connectivity index (χ3n) is 3.44. The summed E-state index contributed by atoms with van der Waals surface area (Å²) in [4.78, 5) is 0. The van der Waals surface area contributed by atoms with Crippen LogP contribution in [0.25, 0.3) is 0 Å². The predicted octanol–water partition coefficient (Wildman–Crippen LogP) is 1.74. The van der Waals surface area contributed by atoms with E-state index in [2.05, 4.69) is 51.2 Å². The van der Waals surface area contributed by atoms with Crippen molar-refractivity contribution >= 4 is 0 Å². The SMILES string of the molecule is Cc1ccc(C(C)(C)C)cc1CCNCC(O)CN. The molecule has 1 rings (SSSR count). The molecule has 1 atom stereocenters. The van der Waals surface area contributed by atoms with Crippen LogP contribution in [0.2, 0.25) is 0 Å². The molecular weight excluding hydrogens is 236 g/mol. The minimum atomic E-state index is -0.443. The number of aliphatic hydroxyl groups is 1. The van der Waals surface area contributed by atoms with Crippen LogP contribution in [0.15, 0.2) is 18.2 Å². The molecule has 4 N–H and O–H groups in total. The lowest BCUT2D eigenvalue weighted by Crippen LogP contribution is -2.33. The second-order valence-electron chi connectivity index (χ2n) is 6.23. The third kappa shape index (κ3) is 5.31. The molecule has 1 unspecified atom stereocenters. The van der Waals surface area contributed by atoms with Crippen LogP contribution >= 0.6 is 0 Å². The molecule has 0 aromatic heterocycles. The Morgan fingerprint density at radius 3 is 2.58 bits per heavy atom. The molecule has 0 aliphatic rings. The first-order valence-electron chi connectivity index (χ1n) is 7.03. The van der Waals surface area contributed by atoms with Gasteiger partial charge in [-0.2, -0.15) is 0 Å². The third-order valence-corrected chi connectivity index (χ3v) is 3.44. The van der Waals surface area contributed by atoms with Gasteiger partial charge in [-0.3, -0.25) is 0 Å². The largest absolute Gasteiger partial charge is 0.390 e. The van der Waals surface area contributed by atoms with Gasteiger partial charge in [-0.25, -0.2) is 0 Å². The lowest BCUT2D eigenvalue weighted by atomic mass is 9.85. The summed E-state index contributed by atoms with van der Waals surface area (Å²) in [5.41, 5.74) is 9.63. The van der Waals surface area contributed by atoms with Crippen LogP contribution in [0.3, 0.4) is 0 Å². The number of aliphatic hydroxyl groups excluding tert-OH is 1. The Morgan fingerprint density at radius 1 is 1.32 bits per heavy atom. The first-order chi connectivity index (χ1) is 8.84. The average Bonchev–Trinajstić information content (AvgIpc) is 2.34. The molecule has 0 spiro atoms. The maximum Gasteiger partial charge on any atom is 0.0786 e. The van der Waals surface area contributed by atoms with Crippen LogP contribution in [-0.2, 0) is 11.8 Å². The zero-order chi connectivity index (χ0) is 14.5. The molecule has 0 saturated carbocycles. The van der Waals surface area contributed by atoms with E-state index in [1.165, 1.54) is 16.7 Å². The zero-order valence-electron chi connectivity index (χ0n) is 12.7. The van der Waals surface area contributed by atoms with Crippen molar-refractivity contribution in [3.8, 4) is 0 Å². The normalized spacial score (nSPS) is 13.6. The van der Waals surface area contributed by atoms with Crippen molar-refractivity contribution in [3.63, 3.8) is 0 Å². The van der Waals surface area contributed by atoms with Crippen LogP contribution in [0.4, 0.5) is 0 Å². The van der Waals surface area contributed by atoms with Gasteiger partial charge in [-0.1, -0.05) is 39.0 Å². The molecule has 3 nitrogen and oxygen atoms in total. The van der Waals surface area contributed by atoms with Crippen molar-refractivity contribution in [2.75, 3.05) is 19.6 Å². The van der Waals surface area contributed by atoms with Crippen LogP contribution in [0.5, 0.6) is 0 Å². The Bertz CT molecular complexity index is 396. The summed E-state index contributed by atoms with van der Waals surface area (Å²) in [5.74, 6) is 0. The minimum absolute atomic E-state index is 0.186. The molecule has 0 heterocycles. The smallest absolute Gasteiger partial charge is 0.0786 e. The highest BCUT2D eigenvalue weighted by Crippen LogP contribution is 2.24. The molecule has 0 bridgehead atoms. The van der Waals surface area contributed by atoms with E-state index in [1.807, 2.05) is 0 Å². The fourth-order valence-electron chi connectivity index (χ4n) is 1.98. The van der Waals surface area contributed by atoms with Crippen LogP contribution in [0.1, 0.15) is 37.5 Å². The number of benzene rings is 1. The summed E-state index contributed by atoms with van der Waals surface area (Å²) < 4.78 is 0. The summed E-state index contributed by atoms with van der Waals surface area (Å²) in [6.07, 6.45) is 0.537. The predicted molar refractivity (Wildman–Crippen MR) is 81.5 cm³/mol. The first-order valence-corrected chi connectivity index (χ1v) is 7.03. The van der Waals surface area contributed by atoms with E-state index in [-0.39, 0.29) is 5.41 Å². The van der Waals surface area contributed by atoms with E-state index >= 15 is 0 Å². The number of nitrogens with two attached hydrogens (primary N) is 1. The monoisotopic (exact) mass is 264 g/mol. The molecule has 1 aromatic carbocycles. The molecule has 0 aliphatic heterocycles. The number of rotatable bonds is 6. The van der Waals surface area contributed by atoms with Gasteiger partial charge >= 0.3 is 0 Å². The topological polar surface area (TPSA) is 58.3 Å². The van der Waals surface area contributed by atoms with E-state index in [0.717, 1.165) is 13.0 Å². The lowest BCUT2D eigenvalue weighted by Gasteiger charge is -2.21. The van der Waals surface area contributed by atoms with Gasteiger partial charge in [-0.15, -0.1) is 0 Å². The summed E-state index contributed by atoms with van der Waals surface area (Å²) >= 11 is 0. The van der Waals surface area contributed by atoms with Crippen LogP contribution in [-0.4, -0.2) is 30.8 Å². The van der Waals surface area contributed by atoms with Gasteiger partial charge in [0, 0.05) is 13.1 Å². The summed E-state index contributed by atoms with van der Waals surface area (Å²) in [7, 11) is 0. The van der Waals surface area contributed by atoms with E-state index in [0.29, 0.717) is 13.1 Å². The number of nitrogens with one attached hydrogen (secondary N) is 1. The van der Waals surface area contributed by atoms with Crippen molar-refractivity contribution in [3.05, 3.63) is 34.9 Å². The van der Waals surface area contributed by atoms with Gasteiger partial charge < -0.3 is 16.2 Å². The maximum absolute atomic E-state index is 9.37. The summed E-state index contributed by atoms with van der Waals surface area (Å²) in [5, 5.41) is 12.6. The van der Waals surface area contributed by atoms with Crippen molar-refractivity contribution in [1.29, 1.82) is 0 Å². The molecule has 0 radical (unpaired) electrons. The van der Waals surface area contributed by atoms with Gasteiger partial charge in [-0.05, 0) is 42.0 Å². The standard InChI is InChI=1S/C16H28N2O/c1-12-5-6-14(16(2,3)4)9-13(12)7-8-18-11-15(19)10-17/h5-6,9,15,18-19H,7-8,10-11,17H2,1-4H3. The van der Waals surface area contributed by atoms with Crippen molar-refractivity contribution in [1.82, 2.24) is 5.32 Å². The minimum Gasteiger partial charge on any atom is -0.390 e. The second-order valence-corrected chi connectivity index (χ2v) is 6.23. The van der Waals surface area contributed by atoms with E-state index in [4.69, 9.17) is 5.73 Å². The molecule has 1 aromatic rings. The van der Waals surface area contributed by atoms with Gasteiger partial charge in [0.05, 0.1) is 6.10 Å². The lowest BCUT2D eigenvalue weighted by molar-refractivity contribution is 0.180. The molecule has 108 valence electrons. The number of hydrogen-bond acceptors (Lipinski definition) is 3. The Labute approximate surface area is 117 Å². The van der Waals surface area contributed by atoms with E-state index in [1.54, 1.807) is 0 Å². The van der Waals surface area contributed by atoms with Gasteiger partial charge in [0.25, 0.3) is 0 Å². The fraction of sp³-hybridized carbons (Fsp3) is 0.625. The maximum atomic E-state index is 9.37. The van der Waals surface area contributed by atoms with E-state index < -0.39 is 6.10 Å². The summed E-state index contributed by atoms with van der Waals surface area (Å²) in [6.45, 7) is 10.6. The molecule has 19 heavy (non-hydrogen) atoms. The Morgan fingerprint density at radius 2 is 2.00 bits per heavy atom. The highest BCUT2D eigenvalue weighted by molar-refractivity contribution is 5.34. The van der Waals surface area contributed by atoms with Crippen molar-refractivity contribution in [2.24, 2.45) is 5.73 Å². The molecule has 0 fully saturated rings. The quantitative estimate of drug-likeness (QED) is 0.686. The highest BCUT2D eigenvalue weighted by atomic mass is 16.3. The number of aryl methyl sites for hydroxylation is 1. The van der Waals surface area contributed by atoms with Crippen molar-refractivity contribution in [2.45, 2.75) is 45.6 Å². The molecule has 0 amide bonds. The second kappa shape index (κ2) is 7.04. The van der Waals surface area contributed by atoms with E-state index in [9.17, 15) is 5.11 Å². The fourth-order valence-corrected chi connectivity index (χ4v) is 1.98. The van der Waals surface area contributed by atoms with Crippen LogP contribution in [0, 0.1) is 6.92 Å². The van der Waals surface area contributed by atoms with Gasteiger partial charge in [0.2, 0.25) is 0 Å². The average molecular weight is 264 g/mol. The Hall–Kier alpha value is -0.900. The summed E-state index contributed by atoms with van der Waals surface area (Å²) in [6, 6.07) is 6.71. The molecule has 3 heteroatoms. The van der Waals surface area contributed by atoms with Crippen LogP contribution < -0.4 is 11.1 Å². The Balaban J connectivity index is 2.58.